The van der Waals surface area contributed by atoms with Crippen molar-refractivity contribution in [3.63, 3.8) is 0 Å². The molecule has 0 radical (unpaired) electrons. The van der Waals surface area contributed by atoms with E-state index >= 15 is 0 Å². The van der Waals surface area contributed by atoms with Crippen LogP contribution in [0.3, 0.4) is 0 Å². The normalized spacial score (nSPS) is 20.2. The van der Waals surface area contributed by atoms with Crippen molar-refractivity contribution in [1.29, 1.82) is 0 Å². The lowest BCUT2D eigenvalue weighted by Gasteiger charge is -2.33. The Bertz CT molecular complexity index is 912. The summed E-state index contributed by atoms with van der Waals surface area (Å²) < 4.78 is 17.6. The van der Waals surface area contributed by atoms with Crippen molar-refractivity contribution in [3.05, 3.63) is 34.7 Å². The predicted molar refractivity (Wildman–Crippen MR) is 119 cm³/mol. The number of benzene rings is 1. The highest BCUT2D eigenvalue weighted by atomic mass is 32.1. The highest BCUT2D eigenvalue weighted by molar-refractivity contribution is 7.21. The van der Waals surface area contributed by atoms with Crippen molar-refractivity contribution in [2.45, 2.75) is 6.10 Å². The Balaban J connectivity index is 1.54. The number of nitrogens with zero attached hydrogens (tertiary/aromatic N) is 2. The number of fused-ring (bicyclic) bond motifs is 1. The zero-order valence-electron chi connectivity index (χ0n) is 17.8. The molecule has 3 heterocycles. The van der Waals surface area contributed by atoms with Crippen LogP contribution in [0, 0.1) is 0 Å². The minimum absolute atomic E-state index is 0.0301. The number of hydrogen-bond donors (Lipinski definition) is 1. The van der Waals surface area contributed by atoms with Gasteiger partial charge in [0.05, 0.1) is 44.0 Å². The number of nitrogens with one attached hydrogen (secondary N) is 1. The van der Waals surface area contributed by atoms with E-state index in [1.54, 1.807) is 7.11 Å². The summed E-state index contributed by atoms with van der Waals surface area (Å²) in [7, 11) is 1.61. The number of rotatable bonds is 7. The van der Waals surface area contributed by atoms with Crippen LogP contribution in [-0.4, -0.2) is 94.4 Å². The standard InChI is InChI=1S/C22H29N3O5S/c1-28-10-6-23-19(26)15-24-7-13-30-17(14-24)20-16-4-2-3-5-18(16)31-21(20)22(27)25-8-11-29-12-9-25/h2-5,17H,6-15H2,1H3,(H,23,26)/t17-/m0/s1. The molecule has 0 bridgehead atoms. The molecule has 1 aromatic carbocycles. The number of morpholine rings is 2. The maximum absolute atomic E-state index is 13.4. The van der Waals surface area contributed by atoms with Crippen molar-refractivity contribution in [2.24, 2.45) is 0 Å². The van der Waals surface area contributed by atoms with Gasteiger partial charge < -0.3 is 24.4 Å². The minimum Gasteiger partial charge on any atom is -0.383 e. The molecule has 9 heteroatoms. The molecule has 2 fully saturated rings. The summed E-state index contributed by atoms with van der Waals surface area (Å²) in [6.07, 6.45) is -0.253. The van der Waals surface area contributed by atoms with Crippen molar-refractivity contribution < 1.29 is 23.8 Å². The van der Waals surface area contributed by atoms with Crippen LogP contribution in [0.15, 0.2) is 24.3 Å². The second-order valence-corrected chi connectivity index (χ2v) is 8.74. The Morgan fingerprint density at radius 2 is 2.00 bits per heavy atom. The van der Waals surface area contributed by atoms with E-state index in [4.69, 9.17) is 14.2 Å². The topological polar surface area (TPSA) is 80.3 Å². The highest BCUT2D eigenvalue weighted by Crippen LogP contribution is 2.38. The van der Waals surface area contributed by atoms with Gasteiger partial charge in [-0.1, -0.05) is 18.2 Å². The smallest absolute Gasteiger partial charge is 0.264 e. The molecular weight excluding hydrogens is 418 g/mol. The fourth-order valence-corrected chi connectivity index (χ4v) is 5.25. The Labute approximate surface area is 186 Å². The van der Waals surface area contributed by atoms with Gasteiger partial charge in [-0.25, -0.2) is 0 Å². The Kier molecular flexibility index (Phi) is 7.52. The first-order valence-corrected chi connectivity index (χ1v) is 11.5. The lowest BCUT2D eigenvalue weighted by molar-refractivity contribution is -0.124. The molecule has 2 aliphatic heterocycles. The molecule has 0 unspecified atom stereocenters. The summed E-state index contributed by atoms with van der Waals surface area (Å²) in [5.41, 5.74) is 0.946. The van der Waals surface area contributed by atoms with Gasteiger partial charge in [-0.3, -0.25) is 14.5 Å². The third-order valence-electron chi connectivity index (χ3n) is 5.59. The quantitative estimate of drug-likeness (QED) is 0.648. The minimum atomic E-state index is -0.253. The van der Waals surface area contributed by atoms with E-state index in [1.165, 1.54) is 11.3 Å². The zero-order valence-corrected chi connectivity index (χ0v) is 18.6. The second-order valence-electron chi connectivity index (χ2n) is 7.68. The fourth-order valence-electron chi connectivity index (χ4n) is 4.03. The summed E-state index contributed by atoms with van der Waals surface area (Å²) in [6.45, 7) is 5.41. The summed E-state index contributed by atoms with van der Waals surface area (Å²) in [4.78, 5) is 30.3. The molecule has 0 saturated carbocycles. The predicted octanol–water partition coefficient (Wildman–Crippen LogP) is 1.51. The van der Waals surface area contributed by atoms with Crippen LogP contribution in [0.1, 0.15) is 21.3 Å². The lowest BCUT2D eigenvalue weighted by Crippen LogP contribution is -2.45. The molecule has 0 spiro atoms. The van der Waals surface area contributed by atoms with Crippen LogP contribution < -0.4 is 5.32 Å². The summed E-state index contributed by atoms with van der Waals surface area (Å²) in [6, 6.07) is 8.08. The highest BCUT2D eigenvalue weighted by Gasteiger charge is 2.32. The number of thiophene rings is 1. The van der Waals surface area contributed by atoms with Crippen LogP contribution in [0.4, 0.5) is 0 Å². The van der Waals surface area contributed by atoms with E-state index < -0.39 is 0 Å². The van der Waals surface area contributed by atoms with E-state index in [9.17, 15) is 9.59 Å². The van der Waals surface area contributed by atoms with E-state index in [2.05, 4.69) is 16.3 Å². The molecule has 0 aliphatic carbocycles. The van der Waals surface area contributed by atoms with Crippen LogP contribution in [-0.2, 0) is 19.0 Å². The SMILES string of the molecule is COCCNC(=O)CN1CCO[C@H](c2c(C(=O)N3CCOCC3)sc3ccccc23)C1. The van der Waals surface area contributed by atoms with Gasteiger partial charge in [0.15, 0.2) is 0 Å². The molecule has 31 heavy (non-hydrogen) atoms. The number of amides is 2. The van der Waals surface area contributed by atoms with E-state index in [0.29, 0.717) is 65.7 Å². The number of hydrogen-bond acceptors (Lipinski definition) is 7. The fraction of sp³-hybridized carbons (Fsp3) is 0.545. The van der Waals surface area contributed by atoms with Gasteiger partial charge in [-0.05, 0) is 11.5 Å². The first-order valence-electron chi connectivity index (χ1n) is 10.7. The molecule has 8 nitrogen and oxygen atoms in total. The van der Waals surface area contributed by atoms with Crippen molar-refractivity contribution >= 4 is 33.2 Å². The summed E-state index contributed by atoms with van der Waals surface area (Å²) in [5.74, 6) is 0.00928. The summed E-state index contributed by atoms with van der Waals surface area (Å²) >= 11 is 1.52. The molecule has 1 atom stereocenters. The van der Waals surface area contributed by atoms with Gasteiger partial charge in [-0.2, -0.15) is 0 Å². The van der Waals surface area contributed by atoms with E-state index in [1.807, 2.05) is 23.1 Å². The molecule has 2 amide bonds. The van der Waals surface area contributed by atoms with Crippen LogP contribution in [0.2, 0.25) is 0 Å². The van der Waals surface area contributed by atoms with Crippen molar-refractivity contribution in [2.75, 3.05) is 72.8 Å². The average Bonchev–Trinajstić information content (AvgIpc) is 3.19. The number of carbonyl (C=O) groups excluding carboxylic acids is 2. The van der Waals surface area contributed by atoms with Crippen LogP contribution in [0.25, 0.3) is 10.1 Å². The second kappa shape index (κ2) is 10.5. The van der Waals surface area contributed by atoms with Gasteiger partial charge >= 0.3 is 0 Å². The number of ether oxygens (including phenoxy) is 3. The molecule has 2 aromatic rings. The molecular formula is C22H29N3O5S. The first-order chi connectivity index (χ1) is 15.2. The Morgan fingerprint density at radius 3 is 2.81 bits per heavy atom. The molecule has 4 rings (SSSR count). The van der Waals surface area contributed by atoms with Gasteiger partial charge in [0, 0.05) is 50.1 Å². The van der Waals surface area contributed by atoms with E-state index in [0.717, 1.165) is 20.5 Å². The van der Waals surface area contributed by atoms with Gasteiger partial charge in [0.2, 0.25) is 5.91 Å². The van der Waals surface area contributed by atoms with Gasteiger partial charge in [0.1, 0.15) is 0 Å². The molecule has 168 valence electrons. The molecule has 1 aromatic heterocycles. The third kappa shape index (κ3) is 5.24. The van der Waals surface area contributed by atoms with Crippen molar-refractivity contribution in [1.82, 2.24) is 15.1 Å². The molecule has 2 aliphatic rings. The van der Waals surface area contributed by atoms with E-state index in [-0.39, 0.29) is 17.9 Å². The maximum atomic E-state index is 13.4. The maximum Gasteiger partial charge on any atom is 0.264 e. The largest absolute Gasteiger partial charge is 0.383 e. The van der Waals surface area contributed by atoms with Crippen molar-refractivity contribution in [3.8, 4) is 0 Å². The number of carbonyl (C=O) groups is 2. The first kappa shape index (κ1) is 22.2. The molecule has 2 saturated heterocycles. The third-order valence-corrected chi connectivity index (χ3v) is 6.77. The van der Waals surface area contributed by atoms with Gasteiger partial charge in [0.25, 0.3) is 5.91 Å². The van der Waals surface area contributed by atoms with Gasteiger partial charge in [-0.15, -0.1) is 11.3 Å². The Morgan fingerprint density at radius 1 is 1.19 bits per heavy atom. The average molecular weight is 448 g/mol. The Hall–Kier alpha value is -2.04. The monoisotopic (exact) mass is 447 g/mol. The van der Waals surface area contributed by atoms with Crippen LogP contribution in [0.5, 0.6) is 0 Å². The number of methoxy groups -OCH3 is 1. The zero-order chi connectivity index (χ0) is 21.6. The van der Waals surface area contributed by atoms with Crippen LogP contribution >= 0.6 is 11.3 Å². The summed E-state index contributed by atoms with van der Waals surface area (Å²) in [5, 5.41) is 3.92. The lowest BCUT2D eigenvalue weighted by atomic mass is 10.0. The molecule has 1 N–H and O–H groups in total.